The largest absolute Gasteiger partial charge is 0.504 e. The van der Waals surface area contributed by atoms with E-state index in [1.165, 1.54) is 45.0 Å². The number of esters is 1. The van der Waals surface area contributed by atoms with Crippen molar-refractivity contribution in [2.24, 2.45) is 0 Å². The number of aromatic hydroxyl groups is 2. The zero-order chi connectivity index (χ0) is 21.2. The van der Waals surface area contributed by atoms with Gasteiger partial charge in [0.05, 0.1) is 16.6 Å². The van der Waals surface area contributed by atoms with Gasteiger partial charge in [-0.15, -0.1) is 0 Å². The number of phenolic OH excluding ortho intramolecular Hbond substituents is 2. The molecule has 0 spiro atoms. The molecule has 0 saturated carbocycles. The molecule has 0 aliphatic heterocycles. The highest BCUT2D eigenvalue weighted by atomic mass is 16.6. The lowest BCUT2D eigenvalue weighted by molar-refractivity contribution is -0.386. The standard InChI is InChI=1S/C19H17NO8/c1-9(2)28-19(25)13-8-14(22)18(24)16(20(26)27)15(13)17(23)12-6-4-11(5-7-12)10(3)21/h4-9,22,24H,1-3H3. The summed E-state index contributed by atoms with van der Waals surface area (Å²) in [5.74, 6) is -4.35. The quantitative estimate of drug-likeness (QED) is 0.253. The van der Waals surface area contributed by atoms with Gasteiger partial charge in [-0.2, -0.15) is 0 Å². The average molecular weight is 387 g/mol. The van der Waals surface area contributed by atoms with E-state index in [0.717, 1.165) is 6.07 Å². The van der Waals surface area contributed by atoms with Gasteiger partial charge in [-0.25, -0.2) is 4.79 Å². The smallest absolute Gasteiger partial charge is 0.339 e. The summed E-state index contributed by atoms with van der Waals surface area (Å²) in [5.41, 5.74) is -2.13. The number of Topliss-reactive ketones (excluding diaryl/α,β-unsaturated/α-hetero) is 1. The molecule has 0 bridgehead atoms. The minimum Gasteiger partial charge on any atom is -0.504 e. The summed E-state index contributed by atoms with van der Waals surface area (Å²) >= 11 is 0. The second-order valence-electron chi connectivity index (χ2n) is 6.19. The van der Waals surface area contributed by atoms with Gasteiger partial charge in [0.1, 0.15) is 5.56 Å². The van der Waals surface area contributed by atoms with Gasteiger partial charge in [-0.3, -0.25) is 19.7 Å². The molecule has 2 aromatic carbocycles. The van der Waals surface area contributed by atoms with Crippen molar-refractivity contribution in [1.29, 1.82) is 0 Å². The Morgan fingerprint density at radius 3 is 2.07 bits per heavy atom. The van der Waals surface area contributed by atoms with Gasteiger partial charge in [0.25, 0.3) is 0 Å². The van der Waals surface area contributed by atoms with E-state index >= 15 is 0 Å². The molecule has 2 rings (SSSR count). The fourth-order valence-corrected chi connectivity index (χ4v) is 2.49. The lowest BCUT2D eigenvalue weighted by Crippen LogP contribution is -2.18. The van der Waals surface area contributed by atoms with Crippen molar-refractivity contribution in [1.82, 2.24) is 0 Å². The minimum atomic E-state index is -1.14. The molecule has 0 amide bonds. The highest BCUT2D eigenvalue weighted by molar-refractivity contribution is 6.18. The normalized spacial score (nSPS) is 10.6. The molecule has 9 heteroatoms. The Bertz CT molecular complexity index is 976. The number of nitro groups is 1. The number of hydrogen-bond acceptors (Lipinski definition) is 8. The van der Waals surface area contributed by atoms with E-state index in [2.05, 4.69) is 0 Å². The van der Waals surface area contributed by atoms with Crippen LogP contribution >= 0.6 is 0 Å². The van der Waals surface area contributed by atoms with Crippen LogP contribution in [-0.2, 0) is 4.74 Å². The first-order valence-corrected chi connectivity index (χ1v) is 8.14. The maximum absolute atomic E-state index is 12.9. The Kier molecular flexibility index (Phi) is 5.78. The van der Waals surface area contributed by atoms with Crippen molar-refractivity contribution in [3.8, 4) is 11.5 Å². The van der Waals surface area contributed by atoms with Crippen LogP contribution in [0.4, 0.5) is 5.69 Å². The topological polar surface area (TPSA) is 144 Å². The van der Waals surface area contributed by atoms with Gasteiger partial charge in [-0.1, -0.05) is 24.3 Å². The van der Waals surface area contributed by atoms with Gasteiger partial charge >= 0.3 is 11.7 Å². The minimum absolute atomic E-state index is 0.0585. The second-order valence-corrected chi connectivity index (χ2v) is 6.19. The van der Waals surface area contributed by atoms with Crippen molar-refractivity contribution in [3.05, 3.63) is 62.7 Å². The first-order valence-electron chi connectivity index (χ1n) is 8.14. The molecule has 9 nitrogen and oxygen atoms in total. The Labute approximate surface area is 159 Å². The van der Waals surface area contributed by atoms with Crippen molar-refractivity contribution >= 4 is 23.2 Å². The van der Waals surface area contributed by atoms with Gasteiger partial charge in [0.2, 0.25) is 11.5 Å². The van der Waals surface area contributed by atoms with E-state index in [4.69, 9.17) is 4.74 Å². The fourth-order valence-electron chi connectivity index (χ4n) is 2.49. The summed E-state index contributed by atoms with van der Waals surface area (Å²) in [6, 6.07) is 5.99. The summed E-state index contributed by atoms with van der Waals surface area (Å²) in [6.45, 7) is 4.41. The first-order chi connectivity index (χ1) is 13.0. The van der Waals surface area contributed by atoms with Crippen LogP contribution in [0.1, 0.15) is 57.4 Å². The number of carbonyl (C=O) groups is 3. The van der Waals surface area contributed by atoms with Crippen LogP contribution in [0.15, 0.2) is 30.3 Å². The summed E-state index contributed by atoms with van der Waals surface area (Å²) in [4.78, 5) is 47.1. The van der Waals surface area contributed by atoms with Crippen LogP contribution in [0.3, 0.4) is 0 Å². The van der Waals surface area contributed by atoms with E-state index in [1.807, 2.05) is 0 Å². The average Bonchev–Trinajstić information content (AvgIpc) is 2.61. The van der Waals surface area contributed by atoms with Gasteiger partial charge in [0, 0.05) is 11.1 Å². The van der Waals surface area contributed by atoms with E-state index in [0.29, 0.717) is 5.56 Å². The molecule has 0 fully saturated rings. The van der Waals surface area contributed by atoms with E-state index in [9.17, 15) is 34.7 Å². The van der Waals surface area contributed by atoms with Gasteiger partial charge in [0.15, 0.2) is 11.5 Å². The first kappa shape index (κ1) is 20.6. The molecule has 0 saturated heterocycles. The highest BCUT2D eigenvalue weighted by Gasteiger charge is 2.35. The Morgan fingerprint density at radius 1 is 1.07 bits per heavy atom. The monoisotopic (exact) mass is 387 g/mol. The summed E-state index contributed by atoms with van der Waals surface area (Å²) < 4.78 is 4.99. The number of nitro benzene ring substituents is 1. The SMILES string of the molecule is CC(=O)c1ccc(C(=O)c2c(C(=O)OC(C)C)cc(O)c(O)c2[N+](=O)[O-])cc1. The van der Waals surface area contributed by atoms with Crippen LogP contribution in [0.5, 0.6) is 11.5 Å². The number of benzene rings is 2. The van der Waals surface area contributed by atoms with Crippen LogP contribution in [0, 0.1) is 10.1 Å². The molecule has 0 aliphatic carbocycles. The molecular formula is C19H17NO8. The Morgan fingerprint density at radius 2 is 1.61 bits per heavy atom. The third kappa shape index (κ3) is 3.98. The Hall–Kier alpha value is -3.75. The third-order valence-corrected chi connectivity index (χ3v) is 3.78. The zero-order valence-corrected chi connectivity index (χ0v) is 15.3. The molecular weight excluding hydrogens is 370 g/mol. The highest BCUT2D eigenvalue weighted by Crippen LogP contribution is 2.41. The zero-order valence-electron chi connectivity index (χ0n) is 15.3. The number of hydrogen-bond donors (Lipinski definition) is 2. The Balaban J connectivity index is 2.73. The van der Waals surface area contributed by atoms with E-state index in [1.54, 1.807) is 0 Å². The summed E-state index contributed by atoms with van der Waals surface area (Å²) in [7, 11) is 0. The molecule has 0 unspecified atom stereocenters. The summed E-state index contributed by atoms with van der Waals surface area (Å²) in [6.07, 6.45) is -0.597. The number of ketones is 2. The van der Waals surface area contributed by atoms with Crippen molar-refractivity contribution in [2.75, 3.05) is 0 Å². The van der Waals surface area contributed by atoms with E-state index in [-0.39, 0.29) is 11.3 Å². The van der Waals surface area contributed by atoms with Crippen molar-refractivity contribution in [3.63, 3.8) is 0 Å². The molecule has 0 atom stereocenters. The van der Waals surface area contributed by atoms with Crippen molar-refractivity contribution in [2.45, 2.75) is 26.9 Å². The predicted octanol–water partition coefficient (Wildman–Crippen LogP) is 3.00. The number of ether oxygens (including phenoxy) is 1. The summed E-state index contributed by atoms with van der Waals surface area (Å²) in [5, 5.41) is 31.1. The molecule has 2 aromatic rings. The molecule has 0 aliphatic rings. The molecule has 28 heavy (non-hydrogen) atoms. The predicted molar refractivity (Wildman–Crippen MR) is 96.9 cm³/mol. The molecule has 146 valence electrons. The van der Waals surface area contributed by atoms with Crippen LogP contribution in [0.2, 0.25) is 0 Å². The third-order valence-electron chi connectivity index (χ3n) is 3.78. The number of nitrogens with zero attached hydrogens (tertiary/aromatic N) is 1. The van der Waals surface area contributed by atoms with Crippen molar-refractivity contribution < 1.29 is 34.3 Å². The van der Waals surface area contributed by atoms with Gasteiger partial charge in [-0.05, 0) is 26.8 Å². The molecule has 2 N–H and O–H groups in total. The maximum atomic E-state index is 12.9. The van der Waals surface area contributed by atoms with Crippen LogP contribution in [-0.4, -0.2) is 38.8 Å². The van der Waals surface area contributed by atoms with Crippen LogP contribution in [0.25, 0.3) is 0 Å². The molecule has 0 aromatic heterocycles. The number of phenols is 2. The maximum Gasteiger partial charge on any atom is 0.339 e. The fraction of sp³-hybridized carbons (Fsp3) is 0.211. The number of rotatable bonds is 6. The van der Waals surface area contributed by atoms with E-state index < -0.39 is 51.1 Å². The van der Waals surface area contributed by atoms with Gasteiger partial charge < -0.3 is 14.9 Å². The number of carbonyl (C=O) groups excluding carboxylic acids is 3. The lowest BCUT2D eigenvalue weighted by Gasteiger charge is -2.13. The lowest BCUT2D eigenvalue weighted by atomic mass is 9.94. The molecule has 0 radical (unpaired) electrons. The molecule has 0 heterocycles. The second kappa shape index (κ2) is 7.87. The van der Waals surface area contributed by atoms with Crippen LogP contribution < -0.4 is 0 Å².